The molecule has 9 nitrogen and oxygen atoms in total. The van der Waals surface area contributed by atoms with E-state index in [1.54, 1.807) is 12.1 Å². The molecule has 1 atom stereocenters. The highest BCUT2D eigenvalue weighted by molar-refractivity contribution is 14.0. The van der Waals surface area contributed by atoms with Gasteiger partial charge in [-0.05, 0) is 39.7 Å². The van der Waals surface area contributed by atoms with Crippen LogP contribution < -0.4 is 10.6 Å². The predicted molar refractivity (Wildman–Crippen MR) is 123 cm³/mol. The summed E-state index contributed by atoms with van der Waals surface area (Å²) in [5.41, 5.74) is 0.433. The van der Waals surface area contributed by atoms with Gasteiger partial charge in [0.05, 0.1) is 17.5 Å². The third kappa shape index (κ3) is 8.42. The van der Waals surface area contributed by atoms with Gasteiger partial charge in [-0.15, -0.1) is 24.0 Å². The number of hydrogen-bond acceptors (Lipinski definition) is 5. The SMILES string of the molecule is CCNC(=NCc1ccc([N+](=O)[O-])cc1)N1CCC(NC(=O)OC(C)(C)C)C1.I. The number of nitrogens with one attached hydrogen (secondary N) is 2. The van der Waals surface area contributed by atoms with Gasteiger partial charge in [0, 0.05) is 31.8 Å². The van der Waals surface area contributed by atoms with Gasteiger partial charge in [0.1, 0.15) is 5.60 Å². The molecule has 10 heteroatoms. The Morgan fingerprint density at radius 3 is 2.55 bits per heavy atom. The zero-order valence-corrected chi connectivity index (χ0v) is 19.6. The summed E-state index contributed by atoms with van der Waals surface area (Å²) in [5, 5.41) is 16.9. The van der Waals surface area contributed by atoms with Crippen LogP contribution >= 0.6 is 24.0 Å². The van der Waals surface area contributed by atoms with Crippen LogP contribution in [0, 0.1) is 10.1 Å². The molecule has 1 aromatic carbocycles. The molecule has 1 saturated heterocycles. The van der Waals surface area contributed by atoms with Gasteiger partial charge in [0.15, 0.2) is 5.96 Å². The summed E-state index contributed by atoms with van der Waals surface area (Å²) in [7, 11) is 0. The second-order valence-corrected chi connectivity index (χ2v) is 7.67. The smallest absolute Gasteiger partial charge is 0.407 e. The first-order chi connectivity index (χ1) is 13.2. The van der Waals surface area contributed by atoms with Crippen molar-refractivity contribution in [3.63, 3.8) is 0 Å². The minimum Gasteiger partial charge on any atom is -0.444 e. The number of halogens is 1. The number of ether oxygens (including phenoxy) is 1. The molecular weight excluding hydrogens is 489 g/mol. The van der Waals surface area contributed by atoms with Crippen molar-refractivity contribution < 1.29 is 14.5 Å². The summed E-state index contributed by atoms with van der Waals surface area (Å²) < 4.78 is 5.31. The lowest BCUT2D eigenvalue weighted by molar-refractivity contribution is -0.384. The quantitative estimate of drug-likeness (QED) is 0.203. The number of hydrogen-bond donors (Lipinski definition) is 2. The lowest BCUT2D eigenvalue weighted by Gasteiger charge is -2.23. The fraction of sp³-hybridized carbons (Fsp3) is 0.579. The average Bonchev–Trinajstić information content (AvgIpc) is 3.05. The number of amides is 1. The summed E-state index contributed by atoms with van der Waals surface area (Å²) >= 11 is 0. The third-order valence-corrected chi connectivity index (χ3v) is 4.10. The molecule has 0 radical (unpaired) electrons. The minimum absolute atomic E-state index is 0. The number of rotatable bonds is 5. The number of guanidine groups is 1. The largest absolute Gasteiger partial charge is 0.444 e. The van der Waals surface area contributed by atoms with Crippen molar-refractivity contribution in [2.24, 2.45) is 4.99 Å². The number of nitro benzene ring substituents is 1. The van der Waals surface area contributed by atoms with Gasteiger partial charge in [0.2, 0.25) is 0 Å². The van der Waals surface area contributed by atoms with Crippen LogP contribution in [-0.4, -0.2) is 53.2 Å². The first-order valence-corrected chi connectivity index (χ1v) is 9.44. The van der Waals surface area contributed by atoms with Crippen LogP contribution in [0.3, 0.4) is 0 Å². The highest BCUT2D eigenvalue weighted by Crippen LogP contribution is 2.14. The molecule has 1 amide bonds. The highest BCUT2D eigenvalue weighted by atomic mass is 127. The highest BCUT2D eigenvalue weighted by Gasteiger charge is 2.27. The normalized spacial score (nSPS) is 16.8. The van der Waals surface area contributed by atoms with Crippen LogP contribution in [0.2, 0.25) is 0 Å². The van der Waals surface area contributed by atoms with E-state index in [9.17, 15) is 14.9 Å². The zero-order chi connectivity index (χ0) is 20.7. The molecular formula is C19H30IN5O4. The van der Waals surface area contributed by atoms with Crippen LogP contribution in [0.25, 0.3) is 0 Å². The van der Waals surface area contributed by atoms with E-state index < -0.39 is 16.6 Å². The van der Waals surface area contributed by atoms with Gasteiger partial charge in [-0.2, -0.15) is 0 Å². The molecule has 1 aliphatic heterocycles. The summed E-state index contributed by atoms with van der Waals surface area (Å²) in [6, 6.07) is 6.38. The van der Waals surface area contributed by atoms with Crippen LogP contribution in [-0.2, 0) is 11.3 Å². The standard InChI is InChI=1S/C19H29N5O4.HI/c1-5-20-17(21-12-14-6-8-16(9-7-14)24(26)27)23-11-10-15(13-23)22-18(25)28-19(2,3)4;/h6-9,15H,5,10-13H2,1-4H3,(H,20,21)(H,22,25);1H. The summed E-state index contributed by atoms with van der Waals surface area (Å²) in [5.74, 6) is 0.759. The molecule has 0 aromatic heterocycles. The number of carbonyl (C=O) groups is 1. The average molecular weight is 519 g/mol. The summed E-state index contributed by atoms with van der Waals surface area (Å²) in [4.78, 5) is 29.0. The molecule has 1 aliphatic rings. The number of non-ortho nitro benzene ring substituents is 1. The van der Waals surface area contributed by atoms with E-state index in [0.29, 0.717) is 13.1 Å². The molecule has 0 aliphatic carbocycles. The number of nitrogens with zero attached hydrogens (tertiary/aromatic N) is 3. The second kappa shape index (κ2) is 11.2. The lowest BCUT2D eigenvalue weighted by Crippen LogP contribution is -2.44. The number of benzene rings is 1. The molecule has 2 N–H and O–H groups in total. The van der Waals surface area contributed by atoms with E-state index in [4.69, 9.17) is 4.74 Å². The van der Waals surface area contributed by atoms with Crippen molar-refractivity contribution in [2.75, 3.05) is 19.6 Å². The Morgan fingerprint density at radius 1 is 1.34 bits per heavy atom. The molecule has 0 bridgehead atoms. The molecule has 2 rings (SSSR count). The lowest BCUT2D eigenvalue weighted by atomic mass is 10.2. The van der Waals surface area contributed by atoms with Crippen molar-refractivity contribution in [1.82, 2.24) is 15.5 Å². The van der Waals surface area contributed by atoms with E-state index >= 15 is 0 Å². The van der Waals surface area contributed by atoms with E-state index in [1.165, 1.54) is 12.1 Å². The van der Waals surface area contributed by atoms with Crippen LogP contribution in [0.5, 0.6) is 0 Å². The number of alkyl carbamates (subject to hydrolysis) is 1. The molecule has 0 saturated carbocycles. The molecule has 162 valence electrons. The van der Waals surface area contributed by atoms with E-state index in [1.807, 2.05) is 27.7 Å². The monoisotopic (exact) mass is 519 g/mol. The van der Waals surface area contributed by atoms with E-state index in [2.05, 4.69) is 20.5 Å². The number of aliphatic imine (C=N–C) groups is 1. The topological polar surface area (TPSA) is 109 Å². The molecule has 1 fully saturated rings. The van der Waals surface area contributed by atoms with Gasteiger partial charge < -0.3 is 20.3 Å². The number of carbonyl (C=O) groups excluding carboxylic acids is 1. The minimum atomic E-state index is -0.524. The van der Waals surface area contributed by atoms with Gasteiger partial charge >= 0.3 is 6.09 Å². The molecule has 1 unspecified atom stereocenters. The zero-order valence-electron chi connectivity index (χ0n) is 17.3. The van der Waals surface area contributed by atoms with Crippen LogP contribution in [0.1, 0.15) is 39.7 Å². The fourth-order valence-corrected chi connectivity index (χ4v) is 2.86. The van der Waals surface area contributed by atoms with E-state index in [-0.39, 0.29) is 35.7 Å². The van der Waals surface area contributed by atoms with Crippen LogP contribution in [0.15, 0.2) is 29.3 Å². The fourth-order valence-electron chi connectivity index (χ4n) is 2.86. The maximum absolute atomic E-state index is 12.0. The van der Waals surface area contributed by atoms with Gasteiger partial charge in [-0.1, -0.05) is 12.1 Å². The first kappa shape index (κ1) is 24.9. The van der Waals surface area contributed by atoms with Crippen molar-refractivity contribution in [3.8, 4) is 0 Å². The Hall–Kier alpha value is -2.11. The van der Waals surface area contributed by atoms with Gasteiger partial charge in [-0.3, -0.25) is 10.1 Å². The Labute approximate surface area is 188 Å². The summed E-state index contributed by atoms with van der Waals surface area (Å²) in [6.07, 6.45) is 0.397. The van der Waals surface area contributed by atoms with Gasteiger partial charge in [-0.25, -0.2) is 9.79 Å². The Balaban J connectivity index is 0.00000420. The van der Waals surface area contributed by atoms with E-state index in [0.717, 1.165) is 31.0 Å². The second-order valence-electron chi connectivity index (χ2n) is 7.67. The number of nitro groups is 1. The van der Waals surface area contributed by atoms with Crippen LogP contribution in [0.4, 0.5) is 10.5 Å². The third-order valence-electron chi connectivity index (χ3n) is 4.10. The Bertz CT molecular complexity index is 718. The molecule has 1 aromatic rings. The number of likely N-dealkylation sites (tertiary alicyclic amines) is 1. The summed E-state index contributed by atoms with van der Waals surface area (Å²) in [6.45, 7) is 10.1. The first-order valence-electron chi connectivity index (χ1n) is 9.44. The molecule has 29 heavy (non-hydrogen) atoms. The molecule has 0 spiro atoms. The van der Waals surface area contributed by atoms with Crippen molar-refractivity contribution >= 4 is 41.7 Å². The maximum Gasteiger partial charge on any atom is 0.407 e. The predicted octanol–water partition coefficient (Wildman–Crippen LogP) is 3.28. The van der Waals surface area contributed by atoms with Crippen molar-refractivity contribution in [3.05, 3.63) is 39.9 Å². The molecule has 1 heterocycles. The van der Waals surface area contributed by atoms with Crippen molar-refractivity contribution in [1.29, 1.82) is 0 Å². The maximum atomic E-state index is 12.0. The van der Waals surface area contributed by atoms with Crippen molar-refractivity contribution in [2.45, 2.75) is 52.3 Å². The Morgan fingerprint density at radius 2 is 2.00 bits per heavy atom. The Kier molecular flexibility index (Phi) is 9.60. The van der Waals surface area contributed by atoms with Gasteiger partial charge in [0.25, 0.3) is 5.69 Å².